The molecule has 1 unspecified atom stereocenters. The predicted octanol–water partition coefficient (Wildman–Crippen LogP) is 1.00. The number of rotatable bonds is 5. The molecule has 0 saturated heterocycles. The molecule has 5 heteroatoms. The van der Waals surface area contributed by atoms with Gasteiger partial charge in [-0.25, -0.2) is 0 Å². The second-order valence-corrected chi connectivity index (χ2v) is 2.72. The Balaban J connectivity index is 0. The Morgan fingerprint density at radius 1 is 1.58 bits per heavy atom. The van der Waals surface area contributed by atoms with Crippen LogP contribution in [-0.4, -0.2) is 30.6 Å². The maximum Gasteiger partial charge on any atom is 0.302 e. The van der Waals surface area contributed by atoms with E-state index >= 15 is 0 Å². The molecule has 2 N–H and O–H groups in total. The summed E-state index contributed by atoms with van der Waals surface area (Å²) in [6.45, 7) is 1.45. The predicted molar refractivity (Wildman–Crippen MR) is 49.9 cm³/mol. The van der Waals surface area contributed by atoms with Gasteiger partial charge in [0, 0.05) is 0 Å². The summed E-state index contributed by atoms with van der Waals surface area (Å²) >= 11 is 0. The zero-order valence-corrected chi connectivity index (χ0v) is 7.93. The van der Waals surface area contributed by atoms with E-state index in [2.05, 4.69) is 0 Å². The van der Waals surface area contributed by atoms with Crippen LogP contribution in [0.2, 0.25) is 5.31 Å². The summed E-state index contributed by atoms with van der Waals surface area (Å²) in [6, 6.07) is 0. The number of carboxylic acid groups (broad SMARTS) is 1. The van der Waals surface area contributed by atoms with Crippen LogP contribution in [0.3, 0.4) is 0 Å². The first-order chi connectivity index (χ1) is 5.06. The van der Waals surface area contributed by atoms with E-state index in [1.165, 1.54) is 0 Å². The van der Waals surface area contributed by atoms with Crippen molar-refractivity contribution in [1.82, 2.24) is 0 Å². The zero-order valence-electron chi connectivity index (χ0n) is 7.12. The number of unbranched alkanes of at least 4 members (excludes halogenated alkanes) is 1. The van der Waals surface area contributed by atoms with E-state index in [0.29, 0.717) is 6.42 Å². The van der Waals surface area contributed by atoms with Crippen molar-refractivity contribution in [1.29, 1.82) is 0 Å². The summed E-state index contributed by atoms with van der Waals surface area (Å²) in [5.74, 6) is -1.13. The maximum absolute atomic E-state index is 10.5. The fourth-order valence-electron chi connectivity index (χ4n) is 0.746. The van der Waals surface area contributed by atoms with Crippen molar-refractivity contribution in [3.63, 3.8) is 0 Å². The van der Waals surface area contributed by atoms with Gasteiger partial charge in [0.25, 0.3) is 0 Å². The number of aliphatic hydroxyl groups excluding tert-OH is 1. The van der Waals surface area contributed by atoms with Gasteiger partial charge in [-0.05, 0) is 6.42 Å². The van der Waals surface area contributed by atoms with Gasteiger partial charge in [0.15, 0.2) is 0 Å². The van der Waals surface area contributed by atoms with Gasteiger partial charge in [-0.15, -0.1) is 12.4 Å². The molecule has 0 fully saturated rings. The molecular formula is C7H14BClO3. The smallest absolute Gasteiger partial charge is 0.302 e. The summed E-state index contributed by atoms with van der Waals surface area (Å²) in [5.41, 5.74) is 0. The minimum absolute atomic E-state index is 0. The van der Waals surface area contributed by atoms with E-state index in [1.54, 1.807) is 0 Å². The van der Waals surface area contributed by atoms with Gasteiger partial charge >= 0.3 is 5.97 Å². The number of halogens is 1. The summed E-state index contributed by atoms with van der Waals surface area (Å²) in [7, 11) is 5.38. The molecule has 0 aromatic carbocycles. The largest absolute Gasteiger partial charge is 0.481 e. The number of aliphatic hydroxyl groups is 1. The van der Waals surface area contributed by atoms with Crippen molar-refractivity contribution in [3.05, 3.63) is 0 Å². The van der Waals surface area contributed by atoms with E-state index in [4.69, 9.17) is 18.1 Å². The van der Waals surface area contributed by atoms with E-state index in [-0.39, 0.29) is 12.4 Å². The summed E-state index contributed by atoms with van der Waals surface area (Å²) in [4.78, 5) is 10.5. The fraction of sp³-hybridized carbons (Fsp3) is 0.857. The van der Waals surface area contributed by atoms with Gasteiger partial charge in [-0.3, -0.25) is 4.79 Å². The van der Waals surface area contributed by atoms with Crippen LogP contribution < -0.4 is 0 Å². The molecule has 0 aromatic rings. The van der Waals surface area contributed by atoms with E-state index in [0.717, 1.165) is 12.8 Å². The van der Waals surface area contributed by atoms with Crippen LogP contribution in [0.1, 0.15) is 26.2 Å². The highest BCUT2D eigenvalue weighted by atomic mass is 35.5. The number of carbonyl (C=O) groups is 1. The van der Waals surface area contributed by atoms with Gasteiger partial charge in [0.05, 0.1) is 19.8 Å². The first-order valence-corrected chi connectivity index (χ1v) is 3.70. The minimum Gasteiger partial charge on any atom is -0.481 e. The van der Waals surface area contributed by atoms with Gasteiger partial charge in [0.2, 0.25) is 0 Å². The average Bonchev–Trinajstić information content (AvgIpc) is 2.00. The standard InChI is InChI=1S/C7H13BO3.ClH/c1-2-3-4-7(8,5-9)6(10)11;/h9H,2-5H2,1H3,(H,10,11);1H. The molecule has 2 radical (unpaired) electrons. The first kappa shape index (κ1) is 14.3. The number of hydrogen-bond acceptors (Lipinski definition) is 2. The molecule has 0 amide bonds. The van der Waals surface area contributed by atoms with Crippen LogP contribution in [0.5, 0.6) is 0 Å². The Morgan fingerprint density at radius 2 is 2.08 bits per heavy atom. The van der Waals surface area contributed by atoms with Crippen LogP contribution in [-0.2, 0) is 4.79 Å². The molecule has 0 spiro atoms. The molecule has 0 aliphatic heterocycles. The lowest BCUT2D eigenvalue weighted by atomic mass is 9.66. The maximum atomic E-state index is 10.5. The molecule has 1 atom stereocenters. The van der Waals surface area contributed by atoms with E-state index in [9.17, 15) is 4.79 Å². The van der Waals surface area contributed by atoms with Crippen LogP contribution in [0.4, 0.5) is 0 Å². The Morgan fingerprint density at radius 3 is 2.33 bits per heavy atom. The molecule has 12 heavy (non-hydrogen) atoms. The molecular weight excluding hydrogens is 178 g/mol. The molecule has 0 rings (SSSR count). The van der Waals surface area contributed by atoms with Crippen LogP contribution in [0.25, 0.3) is 0 Å². The Hall–Kier alpha value is -0.215. The monoisotopic (exact) mass is 192 g/mol. The molecule has 0 aromatic heterocycles. The van der Waals surface area contributed by atoms with E-state index < -0.39 is 17.9 Å². The Kier molecular flexibility index (Phi) is 7.54. The highest BCUT2D eigenvalue weighted by Gasteiger charge is 2.30. The summed E-state index contributed by atoms with van der Waals surface area (Å²) in [6.07, 6.45) is 1.94. The Labute approximate surface area is 80.0 Å². The summed E-state index contributed by atoms with van der Waals surface area (Å²) in [5, 5.41) is 15.8. The van der Waals surface area contributed by atoms with Crippen molar-refractivity contribution in [3.8, 4) is 0 Å². The number of hydrogen-bond donors (Lipinski definition) is 2. The third-order valence-corrected chi connectivity index (χ3v) is 1.68. The molecule has 70 valence electrons. The van der Waals surface area contributed by atoms with Crippen molar-refractivity contribution >= 4 is 26.2 Å². The summed E-state index contributed by atoms with van der Waals surface area (Å²) < 4.78 is 0. The highest BCUT2D eigenvalue weighted by molar-refractivity contribution is 6.26. The molecule has 0 aliphatic carbocycles. The van der Waals surface area contributed by atoms with Crippen molar-refractivity contribution in [2.24, 2.45) is 0 Å². The third-order valence-electron chi connectivity index (χ3n) is 1.68. The second kappa shape index (κ2) is 6.32. The highest BCUT2D eigenvalue weighted by Crippen LogP contribution is 2.27. The topological polar surface area (TPSA) is 57.5 Å². The van der Waals surface area contributed by atoms with Gasteiger partial charge < -0.3 is 10.2 Å². The first-order valence-electron chi connectivity index (χ1n) is 3.70. The molecule has 0 bridgehead atoms. The quantitative estimate of drug-likeness (QED) is 0.639. The SMILES string of the molecule is Cl.[B]C(CO)(CCCC)C(=O)O. The average molecular weight is 192 g/mol. The molecule has 3 nitrogen and oxygen atoms in total. The van der Waals surface area contributed by atoms with Crippen molar-refractivity contribution in [2.45, 2.75) is 31.5 Å². The van der Waals surface area contributed by atoms with Gasteiger partial charge in [-0.2, -0.15) is 0 Å². The zero-order chi connectivity index (χ0) is 8.91. The van der Waals surface area contributed by atoms with Crippen LogP contribution in [0, 0.1) is 0 Å². The van der Waals surface area contributed by atoms with E-state index in [1.807, 2.05) is 6.92 Å². The molecule has 0 heterocycles. The number of carboxylic acids is 1. The fourth-order valence-corrected chi connectivity index (χ4v) is 0.746. The minimum atomic E-state index is -1.43. The number of aliphatic carboxylic acids is 1. The third kappa shape index (κ3) is 3.97. The second-order valence-electron chi connectivity index (χ2n) is 2.72. The molecule has 0 saturated carbocycles. The lowest BCUT2D eigenvalue weighted by Crippen LogP contribution is -2.27. The molecule has 0 aliphatic rings. The van der Waals surface area contributed by atoms with Crippen molar-refractivity contribution in [2.75, 3.05) is 6.61 Å². The van der Waals surface area contributed by atoms with Crippen LogP contribution in [0.15, 0.2) is 0 Å². The van der Waals surface area contributed by atoms with Gasteiger partial charge in [-0.1, -0.05) is 19.8 Å². The Bertz CT molecular complexity index is 143. The lowest BCUT2D eigenvalue weighted by Gasteiger charge is -2.21. The van der Waals surface area contributed by atoms with Crippen LogP contribution >= 0.6 is 12.4 Å². The lowest BCUT2D eigenvalue weighted by molar-refractivity contribution is -0.142. The van der Waals surface area contributed by atoms with Gasteiger partial charge in [0.1, 0.15) is 0 Å². The normalized spacial score (nSPS) is 14.5. The van der Waals surface area contributed by atoms with Crippen molar-refractivity contribution < 1.29 is 15.0 Å².